The highest BCUT2D eigenvalue weighted by Crippen LogP contribution is 2.38. The molecule has 1 aliphatic rings. The summed E-state index contributed by atoms with van der Waals surface area (Å²) in [5, 5.41) is 6.59. The van der Waals surface area contributed by atoms with Crippen LogP contribution in [-0.4, -0.2) is 48.2 Å². The molecule has 2 atom stereocenters. The van der Waals surface area contributed by atoms with E-state index in [-0.39, 0.29) is 16.4 Å². The molecule has 3 aromatic rings. The number of aromatic nitrogens is 3. The average molecular weight is 512 g/mol. The number of hydrogen-bond donors (Lipinski definition) is 1. The van der Waals surface area contributed by atoms with Crippen LogP contribution < -0.4 is 10.2 Å². The van der Waals surface area contributed by atoms with Crippen LogP contribution in [0.15, 0.2) is 53.8 Å². The predicted molar refractivity (Wildman–Crippen MR) is 118 cm³/mol. The van der Waals surface area contributed by atoms with Gasteiger partial charge in [-0.15, -0.1) is 0 Å². The van der Waals surface area contributed by atoms with E-state index in [4.69, 9.17) is 0 Å². The van der Waals surface area contributed by atoms with Crippen molar-refractivity contribution < 1.29 is 30.8 Å². The molecule has 8 nitrogen and oxygen atoms in total. The van der Waals surface area contributed by atoms with E-state index >= 15 is 0 Å². The largest absolute Gasteiger partial charge is 0.393 e. The van der Waals surface area contributed by atoms with Crippen molar-refractivity contribution in [1.29, 1.82) is 0 Å². The fourth-order valence-corrected chi connectivity index (χ4v) is 4.46. The first kappa shape index (κ1) is 24.6. The maximum Gasteiger partial charge on any atom is 0.393 e. The number of nitrogens with zero attached hydrogens (tertiary/aromatic N) is 4. The molecule has 35 heavy (non-hydrogen) atoms. The molecule has 0 bridgehead atoms. The van der Waals surface area contributed by atoms with Crippen LogP contribution in [0.2, 0.25) is 0 Å². The second-order valence-electron chi connectivity index (χ2n) is 8.29. The number of anilines is 1. The van der Waals surface area contributed by atoms with Gasteiger partial charge in [-0.2, -0.15) is 18.3 Å². The summed E-state index contributed by atoms with van der Waals surface area (Å²) in [5.41, 5.74) is 1.14. The molecule has 1 aromatic carbocycles. The number of rotatable bonds is 4. The van der Waals surface area contributed by atoms with Crippen molar-refractivity contribution in [3.05, 3.63) is 65.9 Å². The molecule has 13 heteroatoms. The van der Waals surface area contributed by atoms with Gasteiger partial charge in [0.15, 0.2) is 14.9 Å². The number of sulfone groups is 1. The lowest BCUT2D eigenvalue weighted by molar-refractivity contribution is -0.172. The summed E-state index contributed by atoms with van der Waals surface area (Å²) in [7, 11) is -3.59. The number of urea groups is 1. The Labute approximate surface area is 198 Å². The lowest BCUT2D eigenvalue weighted by atomic mass is 9.96. The lowest BCUT2D eigenvalue weighted by Crippen LogP contribution is -2.49. The topological polar surface area (TPSA) is 97.2 Å². The number of halogens is 4. The average Bonchev–Trinajstić information content (AvgIpc) is 3.22. The van der Waals surface area contributed by atoms with Crippen LogP contribution in [0.5, 0.6) is 0 Å². The highest BCUT2D eigenvalue weighted by atomic mass is 32.2. The van der Waals surface area contributed by atoms with Gasteiger partial charge in [-0.25, -0.2) is 27.3 Å². The standard InChI is InChI=1S/C22H21F4N5O3S/c1-13(14-7-8-27-20(9-14)35(2,33)34)29-21(32)30-12-15(22(24,25)26)10-18-19(30)11-28-31(18)17-5-3-16(23)4-6-17/h3-9,11,13,15H,10,12H2,1-2H3,(H,29,32)/t13-,15?/m0/s1. The Hall–Kier alpha value is -3.48. The molecule has 0 saturated heterocycles. The second-order valence-corrected chi connectivity index (χ2v) is 10.3. The van der Waals surface area contributed by atoms with Crippen molar-refractivity contribution in [3.8, 4) is 5.69 Å². The van der Waals surface area contributed by atoms with E-state index in [1.165, 1.54) is 53.5 Å². The van der Waals surface area contributed by atoms with Crippen LogP contribution >= 0.6 is 0 Å². The van der Waals surface area contributed by atoms with Gasteiger partial charge in [-0.1, -0.05) is 0 Å². The Bertz CT molecular complexity index is 1360. The third-order valence-electron chi connectivity index (χ3n) is 5.74. The van der Waals surface area contributed by atoms with Gasteiger partial charge in [0.2, 0.25) is 0 Å². The first-order valence-corrected chi connectivity index (χ1v) is 12.4. The van der Waals surface area contributed by atoms with E-state index in [0.717, 1.165) is 11.2 Å². The van der Waals surface area contributed by atoms with Gasteiger partial charge in [0, 0.05) is 25.4 Å². The molecular weight excluding hydrogens is 490 g/mol. The molecule has 1 N–H and O–H groups in total. The van der Waals surface area contributed by atoms with Crippen LogP contribution in [-0.2, 0) is 16.3 Å². The Morgan fingerprint density at radius 2 is 1.89 bits per heavy atom. The quantitative estimate of drug-likeness (QED) is 0.538. The molecule has 2 amide bonds. The zero-order valence-electron chi connectivity index (χ0n) is 18.6. The van der Waals surface area contributed by atoms with E-state index in [1.807, 2.05) is 0 Å². The number of fused-ring (bicyclic) bond motifs is 1. The fourth-order valence-electron chi connectivity index (χ4n) is 3.86. The molecule has 4 rings (SSSR count). The number of carbonyl (C=O) groups is 1. The van der Waals surface area contributed by atoms with Gasteiger partial charge < -0.3 is 5.32 Å². The molecule has 3 heterocycles. The van der Waals surface area contributed by atoms with Crippen LogP contribution in [0.25, 0.3) is 5.69 Å². The van der Waals surface area contributed by atoms with Crippen molar-refractivity contribution >= 4 is 21.6 Å². The number of carbonyl (C=O) groups excluding carboxylic acids is 1. The minimum atomic E-state index is -4.57. The molecule has 0 fully saturated rings. The number of pyridine rings is 1. The zero-order chi connectivity index (χ0) is 25.5. The maximum absolute atomic E-state index is 13.7. The van der Waals surface area contributed by atoms with Crippen LogP contribution in [0.4, 0.5) is 28.0 Å². The Kier molecular flexibility index (Phi) is 6.30. The van der Waals surface area contributed by atoms with E-state index in [1.54, 1.807) is 6.92 Å². The zero-order valence-corrected chi connectivity index (χ0v) is 19.4. The summed E-state index contributed by atoms with van der Waals surface area (Å²) in [5.74, 6) is -2.35. The third-order valence-corrected chi connectivity index (χ3v) is 6.72. The van der Waals surface area contributed by atoms with Gasteiger partial charge in [-0.05, 0) is 48.9 Å². The minimum Gasteiger partial charge on any atom is -0.331 e. The highest BCUT2D eigenvalue weighted by molar-refractivity contribution is 7.90. The van der Waals surface area contributed by atoms with Crippen LogP contribution in [0, 0.1) is 11.7 Å². The lowest BCUT2D eigenvalue weighted by Gasteiger charge is -2.34. The van der Waals surface area contributed by atoms with Crippen molar-refractivity contribution in [3.63, 3.8) is 0 Å². The molecule has 0 saturated carbocycles. The Balaban J connectivity index is 1.65. The van der Waals surface area contributed by atoms with E-state index < -0.39 is 52.8 Å². The molecular formula is C22H21F4N5O3S. The SMILES string of the molecule is C[C@H](NC(=O)N1CC(C(F)(F)F)Cc2c1cnn2-c1ccc(F)cc1)c1ccnc(S(C)(=O)=O)c1. The maximum atomic E-state index is 13.7. The summed E-state index contributed by atoms with van der Waals surface area (Å²) in [6, 6.07) is 6.37. The second kappa shape index (κ2) is 8.95. The van der Waals surface area contributed by atoms with Gasteiger partial charge in [-0.3, -0.25) is 4.90 Å². The van der Waals surface area contributed by atoms with Gasteiger partial charge in [0.25, 0.3) is 0 Å². The highest BCUT2D eigenvalue weighted by Gasteiger charge is 2.46. The molecule has 0 radical (unpaired) electrons. The predicted octanol–water partition coefficient (Wildman–Crippen LogP) is 3.82. The smallest absolute Gasteiger partial charge is 0.331 e. The summed E-state index contributed by atoms with van der Waals surface area (Å²) in [6.45, 7) is 0.961. The fraction of sp³-hybridized carbons (Fsp3) is 0.318. The first-order valence-electron chi connectivity index (χ1n) is 10.5. The van der Waals surface area contributed by atoms with Gasteiger partial charge in [0.1, 0.15) is 5.82 Å². The number of nitrogens with one attached hydrogen (secondary N) is 1. The third kappa shape index (κ3) is 5.14. The number of alkyl halides is 3. The summed E-state index contributed by atoms with van der Waals surface area (Å²) >= 11 is 0. The summed E-state index contributed by atoms with van der Waals surface area (Å²) in [6.07, 6.45) is -1.41. The molecule has 0 aliphatic carbocycles. The molecule has 1 unspecified atom stereocenters. The number of amides is 2. The minimum absolute atomic E-state index is 0.163. The monoisotopic (exact) mass is 511 g/mol. The first-order chi connectivity index (χ1) is 16.3. The normalized spacial score (nSPS) is 17.1. The molecule has 186 valence electrons. The van der Waals surface area contributed by atoms with E-state index in [0.29, 0.717) is 11.3 Å². The molecule has 2 aromatic heterocycles. The summed E-state index contributed by atoms with van der Waals surface area (Å²) in [4.78, 5) is 17.9. The Morgan fingerprint density at radius 1 is 1.20 bits per heavy atom. The van der Waals surface area contributed by atoms with Crippen molar-refractivity contribution in [2.24, 2.45) is 5.92 Å². The van der Waals surface area contributed by atoms with E-state index in [2.05, 4.69) is 15.4 Å². The number of benzene rings is 1. The van der Waals surface area contributed by atoms with E-state index in [9.17, 15) is 30.8 Å². The van der Waals surface area contributed by atoms with Crippen LogP contribution in [0.3, 0.4) is 0 Å². The van der Waals surface area contributed by atoms with Gasteiger partial charge in [0.05, 0.1) is 35.2 Å². The van der Waals surface area contributed by atoms with Crippen molar-refractivity contribution in [2.75, 3.05) is 17.7 Å². The summed E-state index contributed by atoms with van der Waals surface area (Å²) < 4.78 is 79.4. The number of hydrogen-bond acceptors (Lipinski definition) is 5. The Morgan fingerprint density at radius 3 is 2.51 bits per heavy atom. The molecule has 0 spiro atoms. The van der Waals surface area contributed by atoms with Gasteiger partial charge >= 0.3 is 12.2 Å². The van der Waals surface area contributed by atoms with Crippen molar-refractivity contribution in [1.82, 2.24) is 20.1 Å². The van der Waals surface area contributed by atoms with Crippen LogP contribution in [0.1, 0.15) is 24.2 Å². The van der Waals surface area contributed by atoms with Crippen molar-refractivity contribution in [2.45, 2.75) is 30.6 Å². The molecule has 1 aliphatic heterocycles.